The van der Waals surface area contributed by atoms with Crippen LogP contribution < -0.4 is 0 Å². The molecule has 2 unspecified atom stereocenters. The number of aliphatic hydroxyl groups excluding tert-OH is 1. The van der Waals surface area contributed by atoms with Crippen LogP contribution in [0.1, 0.15) is 356 Å². The van der Waals surface area contributed by atoms with Crippen LogP contribution in [0, 0.1) is 5.92 Å². The zero-order valence-corrected chi connectivity index (χ0v) is 58.6. The zero-order valence-electron chi connectivity index (χ0n) is 56.9. The van der Waals surface area contributed by atoms with Crippen molar-refractivity contribution in [3.63, 3.8) is 0 Å². The zero-order chi connectivity index (χ0) is 64.9. The van der Waals surface area contributed by atoms with E-state index >= 15 is 0 Å². The van der Waals surface area contributed by atoms with Gasteiger partial charge in [0.2, 0.25) is 0 Å². The molecule has 522 valence electrons. The highest BCUT2D eigenvalue weighted by Gasteiger charge is 2.30. The second-order valence-electron chi connectivity index (χ2n) is 25.4. The van der Waals surface area contributed by atoms with Gasteiger partial charge in [0.25, 0.3) is 0 Å². The Morgan fingerprint density at radius 1 is 0.307 bits per heavy atom. The van der Waals surface area contributed by atoms with Gasteiger partial charge in [0.15, 0.2) is 12.2 Å². The lowest BCUT2D eigenvalue weighted by Crippen LogP contribution is -2.30. The molecule has 0 rings (SSSR count). The molecule has 0 spiro atoms. The Bertz CT molecular complexity index is 1700. The number of esters is 4. The second kappa shape index (κ2) is 62.5. The number of phosphoric acid groups is 2. The van der Waals surface area contributed by atoms with Crippen molar-refractivity contribution < 1.29 is 80.2 Å². The van der Waals surface area contributed by atoms with Gasteiger partial charge in [-0.1, -0.05) is 304 Å². The molecule has 0 fully saturated rings. The van der Waals surface area contributed by atoms with Gasteiger partial charge in [-0.2, -0.15) is 0 Å². The molecule has 0 saturated carbocycles. The first-order chi connectivity index (χ1) is 42.5. The summed E-state index contributed by atoms with van der Waals surface area (Å²) in [5, 5.41) is 10.6. The monoisotopic (exact) mass is 1300 g/mol. The Hall–Kier alpha value is -1.94. The summed E-state index contributed by atoms with van der Waals surface area (Å²) in [6, 6.07) is 0. The predicted molar refractivity (Wildman–Crippen MR) is 354 cm³/mol. The molecule has 0 aliphatic heterocycles. The maximum atomic E-state index is 13.0. The van der Waals surface area contributed by atoms with E-state index in [1.165, 1.54) is 180 Å². The van der Waals surface area contributed by atoms with Crippen LogP contribution in [0.3, 0.4) is 0 Å². The van der Waals surface area contributed by atoms with Gasteiger partial charge >= 0.3 is 39.5 Å². The highest BCUT2D eigenvalue weighted by Crippen LogP contribution is 2.45. The SMILES string of the molecule is CCCCCCCCCCCCCCCCCCC(=O)O[C@H](COC(=O)CCCCCCCCCCCC(C)C)COP(=O)(O)OC[C@@H](O)COP(=O)(O)OC[C@@H](COC(=O)CCCCCCCCCCC)OC(=O)CCCCCCCCCCCCC. The summed E-state index contributed by atoms with van der Waals surface area (Å²) in [5.41, 5.74) is 0. The van der Waals surface area contributed by atoms with Gasteiger partial charge in [0.05, 0.1) is 26.4 Å². The molecule has 0 aliphatic rings. The van der Waals surface area contributed by atoms with Gasteiger partial charge in [-0.15, -0.1) is 0 Å². The molecule has 0 aromatic heterocycles. The lowest BCUT2D eigenvalue weighted by Gasteiger charge is -2.21. The lowest BCUT2D eigenvalue weighted by atomic mass is 10.0. The number of ether oxygens (including phenoxy) is 4. The maximum Gasteiger partial charge on any atom is 0.472 e. The first-order valence-corrected chi connectivity index (χ1v) is 39.1. The third kappa shape index (κ3) is 62.8. The highest BCUT2D eigenvalue weighted by atomic mass is 31.2. The normalized spacial score (nSPS) is 14.1. The molecule has 0 aromatic carbocycles. The summed E-state index contributed by atoms with van der Waals surface area (Å²) in [7, 11) is -9.89. The smallest absolute Gasteiger partial charge is 0.462 e. The fraction of sp³-hybridized carbons (Fsp3) is 0.942. The molecule has 0 aliphatic carbocycles. The van der Waals surface area contributed by atoms with Crippen LogP contribution >= 0.6 is 15.6 Å². The van der Waals surface area contributed by atoms with E-state index in [2.05, 4.69) is 34.6 Å². The molecule has 0 aromatic rings. The first-order valence-electron chi connectivity index (χ1n) is 36.1. The number of hydrogen-bond acceptors (Lipinski definition) is 15. The maximum absolute atomic E-state index is 13.0. The van der Waals surface area contributed by atoms with Crippen molar-refractivity contribution in [3.05, 3.63) is 0 Å². The van der Waals surface area contributed by atoms with Gasteiger partial charge < -0.3 is 33.8 Å². The van der Waals surface area contributed by atoms with Crippen molar-refractivity contribution in [1.29, 1.82) is 0 Å². The van der Waals surface area contributed by atoms with Gasteiger partial charge in [0, 0.05) is 25.7 Å². The summed E-state index contributed by atoms with van der Waals surface area (Å²) < 4.78 is 68.2. The number of carbonyl (C=O) groups is 4. The topological polar surface area (TPSA) is 237 Å². The van der Waals surface area contributed by atoms with E-state index in [1.807, 2.05) is 0 Å². The second-order valence-corrected chi connectivity index (χ2v) is 28.3. The van der Waals surface area contributed by atoms with E-state index in [1.54, 1.807) is 0 Å². The van der Waals surface area contributed by atoms with E-state index in [4.69, 9.17) is 37.0 Å². The van der Waals surface area contributed by atoms with Crippen LogP contribution in [0.2, 0.25) is 0 Å². The standard InChI is InChI=1S/C69H134O17P2/c1-6-9-12-15-18-21-23-24-25-26-27-29-34-40-45-50-55-69(74)86-65(59-80-67(72)53-48-43-38-35-30-32-36-41-46-51-62(4)5)61-84-88(77,78)82-57-63(70)56-81-87(75,76)83-60-64(58-79-66(71)52-47-42-37-31-20-17-14-11-8-3)85-68(73)54-49-44-39-33-28-22-19-16-13-10-7-2/h62-65,70H,6-61H2,1-5H3,(H,75,76)(H,77,78)/t63-,64+,65+/m0/s1. The first kappa shape index (κ1) is 86.1. The number of rotatable bonds is 69. The largest absolute Gasteiger partial charge is 0.472 e. The third-order valence-electron chi connectivity index (χ3n) is 16.0. The number of phosphoric ester groups is 2. The summed E-state index contributed by atoms with van der Waals surface area (Å²) in [6.07, 6.45) is 48.5. The third-order valence-corrected chi connectivity index (χ3v) is 17.9. The fourth-order valence-electron chi connectivity index (χ4n) is 10.5. The van der Waals surface area contributed by atoms with Gasteiger partial charge in [0.1, 0.15) is 19.3 Å². The molecule has 19 heteroatoms. The number of aliphatic hydroxyl groups is 1. The quantitative estimate of drug-likeness (QED) is 0.0222. The Kier molecular flexibility index (Phi) is 61.1. The molecule has 17 nitrogen and oxygen atoms in total. The summed E-state index contributed by atoms with van der Waals surface area (Å²) in [6.45, 7) is 7.21. The number of unbranched alkanes of at least 4 members (excludes halogenated alkanes) is 41. The highest BCUT2D eigenvalue weighted by molar-refractivity contribution is 7.47. The number of carbonyl (C=O) groups excluding carboxylic acids is 4. The van der Waals surface area contributed by atoms with E-state index < -0.39 is 97.5 Å². The molecular weight excluding hydrogens is 1160 g/mol. The van der Waals surface area contributed by atoms with Crippen LogP contribution in [-0.2, 0) is 65.4 Å². The summed E-state index contributed by atoms with van der Waals surface area (Å²) in [5.74, 6) is -1.38. The van der Waals surface area contributed by atoms with E-state index in [0.29, 0.717) is 25.7 Å². The summed E-state index contributed by atoms with van der Waals surface area (Å²) in [4.78, 5) is 72.4. The Labute approximate surface area is 537 Å². The van der Waals surface area contributed by atoms with Crippen LogP contribution in [-0.4, -0.2) is 96.7 Å². The van der Waals surface area contributed by atoms with E-state index in [0.717, 1.165) is 95.8 Å². The van der Waals surface area contributed by atoms with Crippen molar-refractivity contribution in [2.75, 3.05) is 39.6 Å². The number of hydrogen-bond donors (Lipinski definition) is 3. The van der Waals surface area contributed by atoms with Crippen molar-refractivity contribution in [2.45, 2.75) is 374 Å². The minimum Gasteiger partial charge on any atom is -0.462 e. The molecule has 88 heavy (non-hydrogen) atoms. The average Bonchev–Trinajstić information content (AvgIpc) is 3.65. The summed E-state index contributed by atoms with van der Waals surface area (Å²) >= 11 is 0. The van der Waals surface area contributed by atoms with Gasteiger partial charge in [-0.3, -0.25) is 37.3 Å². The molecular formula is C69H134O17P2. The van der Waals surface area contributed by atoms with Crippen molar-refractivity contribution >= 4 is 39.5 Å². The Morgan fingerprint density at radius 3 is 0.773 bits per heavy atom. The predicted octanol–water partition coefficient (Wildman–Crippen LogP) is 19.7. The molecule has 0 bridgehead atoms. The Balaban J connectivity index is 5.23. The van der Waals surface area contributed by atoms with Gasteiger partial charge in [-0.25, -0.2) is 9.13 Å². The average molecular weight is 1300 g/mol. The van der Waals surface area contributed by atoms with Crippen LogP contribution in [0.5, 0.6) is 0 Å². The van der Waals surface area contributed by atoms with Crippen LogP contribution in [0.4, 0.5) is 0 Å². The lowest BCUT2D eigenvalue weighted by molar-refractivity contribution is -0.161. The van der Waals surface area contributed by atoms with E-state index in [-0.39, 0.29) is 25.7 Å². The van der Waals surface area contributed by atoms with Crippen LogP contribution in [0.15, 0.2) is 0 Å². The van der Waals surface area contributed by atoms with Crippen molar-refractivity contribution in [3.8, 4) is 0 Å². The Morgan fingerprint density at radius 2 is 0.523 bits per heavy atom. The molecule has 0 radical (unpaired) electrons. The minimum atomic E-state index is -4.95. The van der Waals surface area contributed by atoms with Gasteiger partial charge in [-0.05, 0) is 31.6 Å². The van der Waals surface area contributed by atoms with Crippen molar-refractivity contribution in [2.24, 2.45) is 5.92 Å². The van der Waals surface area contributed by atoms with Crippen molar-refractivity contribution in [1.82, 2.24) is 0 Å². The minimum absolute atomic E-state index is 0.107. The molecule has 0 amide bonds. The van der Waals surface area contributed by atoms with E-state index in [9.17, 15) is 43.2 Å². The fourth-order valence-corrected chi connectivity index (χ4v) is 12.0. The molecule has 3 N–H and O–H groups in total. The van der Waals surface area contributed by atoms with Crippen LogP contribution in [0.25, 0.3) is 0 Å². The molecule has 0 heterocycles. The molecule has 0 saturated heterocycles. The molecule has 5 atom stereocenters.